The first-order valence-electron chi connectivity index (χ1n) is 8.01. The average molecular weight is 348 g/mol. The molecule has 1 N–H and O–H groups in total. The van der Waals surface area contributed by atoms with Gasteiger partial charge in [-0.05, 0) is 44.5 Å². The molecular formula is C19H22ClNO3. The fourth-order valence-corrected chi connectivity index (χ4v) is 2.68. The van der Waals surface area contributed by atoms with Crippen molar-refractivity contribution in [2.45, 2.75) is 26.8 Å². The Kier molecular flexibility index (Phi) is 6.50. The van der Waals surface area contributed by atoms with Crippen LogP contribution in [0.3, 0.4) is 0 Å². The van der Waals surface area contributed by atoms with Gasteiger partial charge < -0.3 is 14.8 Å². The maximum atomic E-state index is 12.3. The lowest BCUT2D eigenvalue weighted by molar-refractivity contribution is 0.0940. The molecule has 0 bridgehead atoms. The molecule has 24 heavy (non-hydrogen) atoms. The Labute approximate surface area is 147 Å². The molecular weight excluding hydrogens is 326 g/mol. The largest absolute Gasteiger partial charge is 0.490 e. The number of rotatable bonds is 7. The second-order valence-electron chi connectivity index (χ2n) is 5.25. The monoisotopic (exact) mass is 347 g/mol. The first kappa shape index (κ1) is 18.1. The van der Waals surface area contributed by atoms with E-state index in [-0.39, 0.29) is 11.9 Å². The summed E-state index contributed by atoms with van der Waals surface area (Å²) in [6.07, 6.45) is 0. The van der Waals surface area contributed by atoms with Gasteiger partial charge in [0.1, 0.15) is 0 Å². The summed E-state index contributed by atoms with van der Waals surface area (Å²) >= 11 is 6.37. The first-order valence-corrected chi connectivity index (χ1v) is 8.39. The smallest absolute Gasteiger partial charge is 0.251 e. The molecule has 2 rings (SSSR count). The van der Waals surface area contributed by atoms with Gasteiger partial charge in [-0.3, -0.25) is 4.79 Å². The third-order valence-electron chi connectivity index (χ3n) is 3.51. The van der Waals surface area contributed by atoms with E-state index in [1.54, 1.807) is 18.2 Å². The maximum absolute atomic E-state index is 12.3. The molecule has 0 saturated carbocycles. The standard InChI is InChI=1S/C19H22ClNO3/c1-4-23-17-11-15(16(20)12-18(17)24-5-2)13(3)21-19(22)14-9-7-6-8-10-14/h6-13H,4-5H2,1-3H3,(H,21,22)/t13-/m0/s1. The van der Waals surface area contributed by atoms with Crippen LogP contribution in [-0.2, 0) is 0 Å². The van der Waals surface area contributed by atoms with Crippen LogP contribution < -0.4 is 14.8 Å². The van der Waals surface area contributed by atoms with Crippen LogP contribution in [0.1, 0.15) is 42.7 Å². The molecule has 0 radical (unpaired) electrons. The molecule has 1 atom stereocenters. The molecule has 2 aromatic carbocycles. The highest BCUT2D eigenvalue weighted by Gasteiger charge is 2.18. The van der Waals surface area contributed by atoms with Crippen molar-refractivity contribution in [1.82, 2.24) is 5.32 Å². The zero-order chi connectivity index (χ0) is 17.5. The van der Waals surface area contributed by atoms with E-state index in [1.807, 2.05) is 45.0 Å². The molecule has 2 aromatic rings. The molecule has 0 spiro atoms. The van der Waals surface area contributed by atoms with E-state index >= 15 is 0 Å². The van der Waals surface area contributed by atoms with Crippen LogP contribution in [0.4, 0.5) is 0 Å². The normalized spacial score (nSPS) is 11.7. The summed E-state index contributed by atoms with van der Waals surface area (Å²) in [7, 11) is 0. The van der Waals surface area contributed by atoms with E-state index in [0.717, 1.165) is 5.56 Å². The quantitative estimate of drug-likeness (QED) is 0.794. The van der Waals surface area contributed by atoms with Crippen molar-refractivity contribution in [3.63, 3.8) is 0 Å². The van der Waals surface area contributed by atoms with Crippen LogP contribution in [0.15, 0.2) is 42.5 Å². The highest BCUT2D eigenvalue weighted by atomic mass is 35.5. The lowest BCUT2D eigenvalue weighted by atomic mass is 10.1. The highest BCUT2D eigenvalue weighted by molar-refractivity contribution is 6.31. The van der Waals surface area contributed by atoms with E-state index in [0.29, 0.717) is 35.3 Å². The number of carbonyl (C=O) groups excluding carboxylic acids is 1. The Morgan fingerprint density at radius 2 is 1.67 bits per heavy atom. The minimum absolute atomic E-state index is 0.147. The zero-order valence-corrected chi connectivity index (χ0v) is 14.9. The van der Waals surface area contributed by atoms with Gasteiger partial charge in [0.2, 0.25) is 0 Å². The molecule has 0 heterocycles. The molecule has 128 valence electrons. The summed E-state index contributed by atoms with van der Waals surface area (Å²) in [4.78, 5) is 12.3. The fourth-order valence-electron chi connectivity index (χ4n) is 2.37. The van der Waals surface area contributed by atoms with Crippen molar-refractivity contribution in [1.29, 1.82) is 0 Å². The van der Waals surface area contributed by atoms with E-state index in [9.17, 15) is 4.79 Å². The molecule has 1 amide bonds. The van der Waals surface area contributed by atoms with Crippen LogP contribution in [0, 0.1) is 0 Å². The molecule has 0 aromatic heterocycles. The number of carbonyl (C=O) groups is 1. The predicted octanol–water partition coefficient (Wildman–Crippen LogP) is 4.63. The SMILES string of the molecule is CCOc1cc(Cl)c([C@H](C)NC(=O)c2ccccc2)cc1OCC. The third-order valence-corrected chi connectivity index (χ3v) is 3.84. The molecule has 0 saturated heterocycles. The summed E-state index contributed by atoms with van der Waals surface area (Å²) in [5, 5.41) is 3.48. The van der Waals surface area contributed by atoms with Crippen molar-refractivity contribution in [2.24, 2.45) is 0 Å². The fraction of sp³-hybridized carbons (Fsp3) is 0.316. The molecule has 0 aliphatic carbocycles. The minimum Gasteiger partial charge on any atom is -0.490 e. The van der Waals surface area contributed by atoms with Crippen LogP contribution in [0.2, 0.25) is 5.02 Å². The van der Waals surface area contributed by atoms with Gasteiger partial charge in [0.15, 0.2) is 11.5 Å². The Balaban J connectivity index is 2.23. The summed E-state index contributed by atoms with van der Waals surface area (Å²) in [6.45, 7) is 6.74. The Morgan fingerprint density at radius 1 is 1.08 bits per heavy atom. The molecule has 0 fully saturated rings. The number of hydrogen-bond donors (Lipinski definition) is 1. The Morgan fingerprint density at radius 3 is 2.25 bits per heavy atom. The van der Waals surface area contributed by atoms with Gasteiger partial charge in [-0.1, -0.05) is 29.8 Å². The summed E-state index contributed by atoms with van der Waals surface area (Å²) in [5.41, 5.74) is 1.39. The van der Waals surface area contributed by atoms with Crippen LogP contribution in [0.5, 0.6) is 11.5 Å². The second kappa shape index (κ2) is 8.60. The van der Waals surface area contributed by atoms with Crippen molar-refractivity contribution in [2.75, 3.05) is 13.2 Å². The number of amides is 1. The Hall–Kier alpha value is -2.20. The average Bonchev–Trinajstić information content (AvgIpc) is 2.58. The molecule has 4 nitrogen and oxygen atoms in total. The van der Waals surface area contributed by atoms with E-state index in [1.165, 1.54) is 0 Å². The Bertz CT molecular complexity index is 689. The number of benzene rings is 2. The zero-order valence-electron chi connectivity index (χ0n) is 14.1. The van der Waals surface area contributed by atoms with Gasteiger partial charge in [-0.2, -0.15) is 0 Å². The topological polar surface area (TPSA) is 47.6 Å². The van der Waals surface area contributed by atoms with Crippen molar-refractivity contribution in [3.05, 3.63) is 58.6 Å². The van der Waals surface area contributed by atoms with Crippen molar-refractivity contribution in [3.8, 4) is 11.5 Å². The lowest BCUT2D eigenvalue weighted by Gasteiger charge is -2.19. The number of hydrogen-bond acceptors (Lipinski definition) is 3. The van der Waals surface area contributed by atoms with Crippen LogP contribution in [-0.4, -0.2) is 19.1 Å². The van der Waals surface area contributed by atoms with Gasteiger partial charge >= 0.3 is 0 Å². The molecule has 0 unspecified atom stereocenters. The van der Waals surface area contributed by atoms with E-state index in [2.05, 4.69) is 5.32 Å². The molecule has 0 aliphatic rings. The highest BCUT2D eigenvalue weighted by Crippen LogP contribution is 2.36. The minimum atomic E-state index is -0.264. The molecule has 5 heteroatoms. The van der Waals surface area contributed by atoms with Crippen molar-refractivity contribution < 1.29 is 14.3 Å². The van der Waals surface area contributed by atoms with Gasteiger partial charge in [0.05, 0.1) is 19.3 Å². The molecule has 0 aliphatic heterocycles. The van der Waals surface area contributed by atoms with Crippen molar-refractivity contribution >= 4 is 17.5 Å². The van der Waals surface area contributed by atoms with Crippen LogP contribution >= 0.6 is 11.6 Å². The first-order chi connectivity index (χ1) is 11.6. The van der Waals surface area contributed by atoms with Gasteiger partial charge in [-0.15, -0.1) is 0 Å². The maximum Gasteiger partial charge on any atom is 0.251 e. The third kappa shape index (κ3) is 4.42. The van der Waals surface area contributed by atoms with E-state index < -0.39 is 0 Å². The van der Waals surface area contributed by atoms with Gasteiger partial charge in [0, 0.05) is 16.7 Å². The second-order valence-corrected chi connectivity index (χ2v) is 5.65. The van der Waals surface area contributed by atoms with Crippen LogP contribution in [0.25, 0.3) is 0 Å². The predicted molar refractivity (Wildman–Crippen MR) is 96.1 cm³/mol. The van der Waals surface area contributed by atoms with Gasteiger partial charge in [-0.25, -0.2) is 0 Å². The lowest BCUT2D eigenvalue weighted by Crippen LogP contribution is -2.26. The summed E-state index contributed by atoms with van der Waals surface area (Å²) < 4.78 is 11.2. The number of nitrogens with one attached hydrogen (secondary N) is 1. The van der Waals surface area contributed by atoms with Gasteiger partial charge in [0.25, 0.3) is 5.91 Å². The summed E-state index contributed by atoms with van der Waals surface area (Å²) in [5.74, 6) is 1.08. The van der Waals surface area contributed by atoms with E-state index in [4.69, 9.17) is 21.1 Å². The number of ether oxygens (including phenoxy) is 2. The number of halogens is 1. The summed E-state index contributed by atoms with van der Waals surface area (Å²) in [6, 6.07) is 12.4.